The van der Waals surface area contributed by atoms with Crippen LogP contribution in [0.5, 0.6) is 5.75 Å². The molecule has 1 rings (SSSR count). The summed E-state index contributed by atoms with van der Waals surface area (Å²) < 4.78 is 23.2. The number of carbonyl (C=O) groups excluding carboxylic acids is 1. The van der Waals surface area contributed by atoms with Crippen LogP contribution in [0.3, 0.4) is 0 Å². The van der Waals surface area contributed by atoms with E-state index in [0.29, 0.717) is 9.32 Å². The van der Waals surface area contributed by atoms with Crippen LogP contribution in [0, 0.1) is 9.39 Å². The zero-order valence-corrected chi connectivity index (χ0v) is 9.79. The van der Waals surface area contributed by atoms with E-state index in [1.54, 1.807) is 0 Å². The first-order valence-corrected chi connectivity index (χ1v) is 4.79. The van der Waals surface area contributed by atoms with Gasteiger partial charge in [0.25, 0.3) is 0 Å². The molecule has 0 saturated carbocycles. The van der Waals surface area contributed by atoms with Gasteiger partial charge in [-0.05, 0) is 28.7 Å². The maximum atomic E-state index is 13.3. The van der Waals surface area contributed by atoms with Crippen LogP contribution in [0.4, 0.5) is 4.39 Å². The van der Waals surface area contributed by atoms with Crippen LogP contribution in [-0.2, 0) is 4.74 Å². The zero-order valence-electron chi connectivity index (χ0n) is 7.64. The van der Waals surface area contributed by atoms with Crippen LogP contribution < -0.4 is 4.74 Å². The molecule has 1 aromatic carbocycles. The molecule has 0 aliphatic rings. The van der Waals surface area contributed by atoms with Crippen LogP contribution in [0.25, 0.3) is 0 Å². The third kappa shape index (κ3) is 2.14. The fourth-order valence-corrected chi connectivity index (χ4v) is 1.64. The van der Waals surface area contributed by atoms with E-state index in [0.717, 1.165) is 6.07 Å². The standard InChI is InChI=1S/C9H8FIO3/c1-13-8-4-6(10)5(3-7(8)11)9(12)14-2/h3-4H,1-2H3. The summed E-state index contributed by atoms with van der Waals surface area (Å²) in [5, 5.41) is 0. The van der Waals surface area contributed by atoms with Gasteiger partial charge in [-0.3, -0.25) is 0 Å². The van der Waals surface area contributed by atoms with Crippen molar-refractivity contribution >= 4 is 28.6 Å². The van der Waals surface area contributed by atoms with Crippen LogP contribution in [0.1, 0.15) is 10.4 Å². The highest BCUT2D eigenvalue weighted by Gasteiger charge is 2.15. The van der Waals surface area contributed by atoms with E-state index in [1.807, 2.05) is 22.6 Å². The molecule has 0 fully saturated rings. The second-order valence-corrected chi connectivity index (χ2v) is 3.62. The van der Waals surface area contributed by atoms with Crippen molar-refractivity contribution in [3.63, 3.8) is 0 Å². The Balaban J connectivity index is 3.21. The monoisotopic (exact) mass is 310 g/mol. The van der Waals surface area contributed by atoms with E-state index in [-0.39, 0.29) is 5.56 Å². The Morgan fingerprint density at radius 1 is 1.43 bits per heavy atom. The molecule has 0 saturated heterocycles. The third-order valence-electron chi connectivity index (χ3n) is 1.65. The Bertz CT molecular complexity index is 365. The molecule has 0 aromatic heterocycles. The number of ether oxygens (including phenoxy) is 2. The molecule has 0 spiro atoms. The highest BCUT2D eigenvalue weighted by atomic mass is 127. The van der Waals surface area contributed by atoms with Gasteiger partial charge in [0.15, 0.2) is 0 Å². The second-order valence-electron chi connectivity index (χ2n) is 2.46. The summed E-state index contributed by atoms with van der Waals surface area (Å²) in [5.41, 5.74) is -0.0855. The summed E-state index contributed by atoms with van der Waals surface area (Å²) in [6.45, 7) is 0. The van der Waals surface area contributed by atoms with Crippen molar-refractivity contribution < 1.29 is 18.7 Å². The first-order valence-electron chi connectivity index (χ1n) is 3.71. The molecule has 0 aliphatic carbocycles. The van der Waals surface area contributed by atoms with Gasteiger partial charge in [-0.1, -0.05) is 0 Å². The topological polar surface area (TPSA) is 35.5 Å². The Hall–Kier alpha value is -0.850. The quantitative estimate of drug-likeness (QED) is 0.621. The van der Waals surface area contributed by atoms with Crippen molar-refractivity contribution in [3.8, 4) is 5.75 Å². The minimum atomic E-state index is -0.692. The van der Waals surface area contributed by atoms with Gasteiger partial charge in [-0.25, -0.2) is 9.18 Å². The van der Waals surface area contributed by atoms with Crippen molar-refractivity contribution in [1.29, 1.82) is 0 Å². The summed E-state index contributed by atoms with van der Waals surface area (Å²) in [5.74, 6) is -0.937. The minimum Gasteiger partial charge on any atom is -0.496 e. The van der Waals surface area contributed by atoms with E-state index in [4.69, 9.17) is 4.74 Å². The normalized spacial score (nSPS) is 9.71. The average Bonchev–Trinajstić information content (AvgIpc) is 2.19. The molecule has 0 heterocycles. The van der Waals surface area contributed by atoms with Crippen molar-refractivity contribution in [1.82, 2.24) is 0 Å². The average molecular weight is 310 g/mol. The molecule has 1 aromatic rings. The van der Waals surface area contributed by atoms with Gasteiger partial charge in [0, 0.05) is 6.07 Å². The van der Waals surface area contributed by atoms with Gasteiger partial charge >= 0.3 is 5.97 Å². The van der Waals surface area contributed by atoms with Crippen LogP contribution in [-0.4, -0.2) is 20.2 Å². The maximum Gasteiger partial charge on any atom is 0.340 e. The molecular weight excluding hydrogens is 302 g/mol. The molecule has 5 heteroatoms. The third-order valence-corrected chi connectivity index (χ3v) is 2.49. The van der Waals surface area contributed by atoms with Gasteiger partial charge < -0.3 is 9.47 Å². The van der Waals surface area contributed by atoms with Crippen LogP contribution in [0.15, 0.2) is 12.1 Å². The Morgan fingerprint density at radius 2 is 2.07 bits per heavy atom. The van der Waals surface area contributed by atoms with E-state index >= 15 is 0 Å². The van der Waals surface area contributed by atoms with E-state index < -0.39 is 11.8 Å². The summed E-state index contributed by atoms with van der Waals surface area (Å²) in [6, 6.07) is 2.55. The number of rotatable bonds is 2. The summed E-state index contributed by atoms with van der Waals surface area (Å²) in [6.07, 6.45) is 0. The molecule has 0 unspecified atom stereocenters. The lowest BCUT2D eigenvalue weighted by molar-refractivity contribution is 0.0595. The number of esters is 1. The molecule has 0 aliphatic heterocycles. The summed E-state index contributed by atoms with van der Waals surface area (Å²) >= 11 is 1.95. The van der Waals surface area contributed by atoms with Crippen LogP contribution in [0.2, 0.25) is 0 Å². The Labute approximate surface area is 94.3 Å². The van der Waals surface area contributed by atoms with Crippen molar-refractivity contribution in [3.05, 3.63) is 27.1 Å². The fourth-order valence-electron chi connectivity index (χ4n) is 0.951. The van der Waals surface area contributed by atoms with Gasteiger partial charge in [0.05, 0.1) is 23.4 Å². The zero-order chi connectivity index (χ0) is 10.7. The molecular formula is C9H8FIO3. The molecule has 76 valence electrons. The van der Waals surface area contributed by atoms with Crippen molar-refractivity contribution in [2.45, 2.75) is 0 Å². The second kappa shape index (κ2) is 4.59. The smallest absolute Gasteiger partial charge is 0.340 e. The maximum absolute atomic E-state index is 13.3. The molecule has 0 bridgehead atoms. The SMILES string of the molecule is COC(=O)c1cc(I)c(OC)cc1F. The number of benzene rings is 1. The van der Waals surface area contributed by atoms with Gasteiger partial charge in [0.2, 0.25) is 0 Å². The molecule has 0 atom stereocenters. The van der Waals surface area contributed by atoms with Gasteiger partial charge in [0.1, 0.15) is 11.6 Å². The van der Waals surface area contributed by atoms with E-state index in [2.05, 4.69) is 4.74 Å². The number of methoxy groups -OCH3 is 2. The predicted molar refractivity (Wildman–Crippen MR) is 57.0 cm³/mol. The van der Waals surface area contributed by atoms with Crippen molar-refractivity contribution in [2.75, 3.05) is 14.2 Å². The number of carbonyl (C=O) groups is 1. The first kappa shape index (κ1) is 11.2. The van der Waals surface area contributed by atoms with Gasteiger partial charge in [-0.2, -0.15) is 0 Å². The summed E-state index contributed by atoms with van der Waals surface area (Å²) in [7, 11) is 2.65. The number of hydrogen-bond donors (Lipinski definition) is 0. The highest BCUT2D eigenvalue weighted by molar-refractivity contribution is 14.1. The number of hydrogen-bond acceptors (Lipinski definition) is 3. The lowest BCUT2D eigenvalue weighted by Crippen LogP contribution is -2.05. The van der Waals surface area contributed by atoms with Gasteiger partial charge in [-0.15, -0.1) is 0 Å². The minimum absolute atomic E-state index is 0.0855. The number of halogens is 2. The predicted octanol–water partition coefficient (Wildman–Crippen LogP) is 2.23. The van der Waals surface area contributed by atoms with Crippen molar-refractivity contribution in [2.24, 2.45) is 0 Å². The molecule has 0 radical (unpaired) electrons. The van der Waals surface area contributed by atoms with Crippen LogP contribution >= 0.6 is 22.6 Å². The summed E-state index contributed by atoms with van der Waals surface area (Å²) in [4.78, 5) is 11.1. The lowest BCUT2D eigenvalue weighted by Gasteiger charge is -2.06. The lowest BCUT2D eigenvalue weighted by atomic mass is 10.2. The molecule has 14 heavy (non-hydrogen) atoms. The molecule has 0 amide bonds. The largest absolute Gasteiger partial charge is 0.496 e. The van der Waals surface area contributed by atoms with E-state index in [9.17, 15) is 9.18 Å². The van der Waals surface area contributed by atoms with E-state index in [1.165, 1.54) is 20.3 Å². The fraction of sp³-hybridized carbons (Fsp3) is 0.222. The first-order chi connectivity index (χ1) is 6.60. The molecule has 0 N–H and O–H groups in total. The highest BCUT2D eigenvalue weighted by Crippen LogP contribution is 2.24. The Morgan fingerprint density at radius 3 is 2.57 bits per heavy atom. The molecule has 3 nitrogen and oxygen atoms in total. The Kier molecular flexibility index (Phi) is 3.68.